The summed E-state index contributed by atoms with van der Waals surface area (Å²) in [6.07, 6.45) is 3.07. The highest BCUT2D eigenvalue weighted by Crippen LogP contribution is 2.26. The van der Waals surface area contributed by atoms with Crippen molar-refractivity contribution in [2.45, 2.75) is 0 Å². The molecule has 0 atom stereocenters. The predicted octanol–water partition coefficient (Wildman–Crippen LogP) is 3.68. The van der Waals surface area contributed by atoms with Crippen molar-refractivity contribution in [3.63, 3.8) is 0 Å². The van der Waals surface area contributed by atoms with Crippen molar-refractivity contribution in [2.75, 3.05) is 5.32 Å². The maximum atomic E-state index is 13.9. The number of hydrogen-bond donors (Lipinski definition) is 2. The van der Waals surface area contributed by atoms with Crippen molar-refractivity contribution < 1.29 is 14.3 Å². The minimum absolute atomic E-state index is 0.0304. The van der Waals surface area contributed by atoms with E-state index in [1.54, 1.807) is 22.7 Å². The molecule has 0 spiro atoms. The quantitative estimate of drug-likeness (QED) is 0.756. The molecule has 0 aliphatic rings. The Hall–Kier alpha value is -2.41. The summed E-state index contributed by atoms with van der Waals surface area (Å²) in [6, 6.07) is 7.59. The lowest BCUT2D eigenvalue weighted by atomic mass is 10.2. The molecule has 21 heavy (non-hydrogen) atoms. The molecule has 0 unspecified atom stereocenters. The molecule has 0 radical (unpaired) electrons. The molecule has 2 aromatic heterocycles. The first-order chi connectivity index (χ1) is 10.1. The van der Waals surface area contributed by atoms with Crippen LogP contribution in [0.25, 0.3) is 5.52 Å². The van der Waals surface area contributed by atoms with Gasteiger partial charge in [-0.2, -0.15) is 0 Å². The number of aromatic carboxylic acids is 1. The summed E-state index contributed by atoms with van der Waals surface area (Å²) in [5, 5.41) is 12.1. The van der Waals surface area contributed by atoms with E-state index in [2.05, 4.69) is 26.2 Å². The molecule has 0 amide bonds. The molecule has 5 nitrogen and oxygen atoms in total. The lowest BCUT2D eigenvalue weighted by molar-refractivity contribution is 0.0697. The molecule has 0 saturated carbocycles. The minimum atomic E-state index is -1.11. The number of imidazole rings is 1. The van der Waals surface area contributed by atoms with Crippen LogP contribution in [0.2, 0.25) is 0 Å². The van der Waals surface area contributed by atoms with Crippen LogP contribution in [0.15, 0.2) is 47.3 Å². The van der Waals surface area contributed by atoms with Crippen molar-refractivity contribution in [2.24, 2.45) is 0 Å². The maximum Gasteiger partial charge on any atom is 0.339 e. The zero-order chi connectivity index (χ0) is 15.0. The number of carboxylic acids is 1. The van der Waals surface area contributed by atoms with E-state index < -0.39 is 11.8 Å². The molecule has 0 aliphatic carbocycles. The molecule has 0 aliphatic heterocycles. The lowest BCUT2D eigenvalue weighted by Gasteiger charge is -2.13. The number of anilines is 2. The number of carbonyl (C=O) groups is 1. The summed E-state index contributed by atoms with van der Waals surface area (Å²) in [6.45, 7) is 0. The second kappa shape index (κ2) is 5.17. The van der Waals surface area contributed by atoms with Crippen LogP contribution in [-0.2, 0) is 0 Å². The molecule has 0 saturated heterocycles. The first kappa shape index (κ1) is 13.6. The molecule has 2 heterocycles. The molecule has 106 valence electrons. The Morgan fingerprint density at radius 1 is 1.33 bits per heavy atom. The number of aromatic nitrogens is 2. The van der Waals surface area contributed by atoms with Gasteiger partial charge in [-0.25, -0.2) is 14.2 Å². The van der Waals surface area contributed by atoms with Crippen molar-refractivity contribution in [1.82, 2.24) is 9.38 Å². The SMILES string of the molecule is O=C(O)c1ccc2cncn2c1Nc1ccc(Br)cc1F. The fourth-order valence-electron chi connectivity index (χ4n) is 2.01. The molecular weight excluding hydrogens is 341 g/mol. The van der Waals surface area contributed by atoms with E-state index in [1.807, 2.05) is 0 Å². The van der Waals surface area contributed by atoms with E-state index in [0.717, 1.165) is 0 Å². The summed E-state index contributed by atoms with van der Waals surface area (Å²) in [5.74, 6) is -1.35. The van der Waals surface area contributed by atoms with E-state index in [0.29, 0.717) is 9.99 Å². The van der Waals surface area contributed by atoms with E-state index in [-0.39, 0.29) is 17.1 Å². The third-order valence-electron chi connectivity index (χ3n) is 3.00. The topological polar surface area (TPSA) is 66.6 Å². The number of rotatable bonds is 3. The highest BCUT2D eigenvalue weighted by Gasteiger charge is 2.15. The smallest absolute Gasteiger partial charge is 0.339 e. The van der Waals surface area contributed by atoms with Crippen molar-refractivity contribution in [3.8, 4) is 0 Å². The van der Waals surface area contributed by atoms with Crippen LogP contribution in [0.4, 0.5) is 15.9 Å². The number of fused-ring (bicyclic) bond motifs is 1. The standard InChI is InChI=1S/C14H9BrFN3O2/c15-8-1-4-12(11(16)5-8)18-13-10(14(20)21)3-2-9-6-17-7-19(9)13/h1-7,18H,(H,20,21). The van der Waals surface area contributed by atoms with E-state index in [1.165, 1.54) is 24.5 Å². The van der Waals surface area contributed by atoms with Crippen molar-refractivity contribution >= 4 is 38.9 Å². The number of carboxylic acid groups (broad SMARTS) is 1. The zero-order valence-corrected chi connectivity index (χ0v) is 12.1. The Labute approximate surface area is 127 Å². The first-order valence-corrected chi connectivity index (χ1v) is 6.76. The molecule has 0 fully saturated rings. The van der Waals surface area contributed by atoms with Gasteiger partial charge in [0.1, 0.15) is 23.5 Å². The highest BCUT2D eigenvalue weighted by molar-refractivity contribution is 9.10. The van der Waals surface area contributed by atoms with Crippen molar-refractivity contribution in [3.05, 3.63) is 58.7 Å². The third kappa shape index (κ3) is 2.47. The Balaban J connectivity index is 2.16. The zero-order valence-electron chi connectivity index (χ0n) is 10.5. The van der Waals surface area contributed by atoms with Gasteiger partial charge in [-0.3, -0.25) is 4.40 Å². The number of nitrogens with zero attached hydrogens (tertiary/aromatic N) is 2. The van der Waals surface area contributed by atoms with Gasteiger partial charge in [-0.15, -0.1) is 0 Å². The van der Waals surface area contributed by atoms with Crippen LogP contribution < -0.4 is 5.32 Å². The fourth-order valence-corrected chi connectivity index (χ4v) is 2.34. The number of nitrogens with one attached hydrogen (secondary N) is 1. The number of benzene rings is 1. The number of pyridine rings is 1. The molecule has 2 N–H and O–H groups in total. The maximum absolute atomic E-state index is 13.9. The van der Waals surface area contributed by atoms with Crippen LogP contribution in [0.3, 0.4) is 0 Å². The summed E-state index contributed by atoms with van der Waals surface area (Å²) in [4.78, 5) is 15.3. The van der Waals surface area contributed by atoms with Gasteiger partial charge >= 0.3 is 5.97 Å². The average molecular weight is 350 g/mol. The second-order valence-electron chi connectivity index (χ2n) is 4.34. The van der Waals surface area contributed by atoms with Crippen molar-refractivity contribution in [1.29, 1.82) is 0 Å². The predicted molar refractivity (Wildman–Crippen MR) is 79.5 cm³/mol. The van der Waals surface area contributed by atoms with Gasteiger partial charge in [0.25, 0.3) is 0 Å². The van der Waals surface area contributed by atoms with Gasteiger partial charge < -0.3 is 10.4 Å². The molecule has 1 aromatic carbocycles. The minimum Gasteiger partial charge on any atom is -0.478 e. The van der Waals surface area contributed by atoms with Gasteiger partial charge in [0.2, 0.25) is 0 Å². The largest absolute Gasteiger partial charge is 0.478 e. The van der Waals surface area contributed by atoms with Crippen LogP contribution in [0.5, 0.6) is 0 Å². The van der Waals surface area contributed by atoms with Crippen LogP contribution in [0.1, 0.15) is 10.4 Å². The van der Waals surface area contributed by atoms with Gasteiger partial charge in [0, 0.05) is 4.47 Å². The summed E-state index contributed by atoms with van der Waals surface area (Å²) in [5.41, 5.74) is 0.921. The Kier molecular flexibility index (Phi) is 3.34. The number of hydrogen-bond acceptors (Lipinski definition) is 3. The second-order valence-corrected chi connectivity index (χ2v) is 5.25. The van der Waals surface area contributed by atoms with E-state index >= 15 is 0 Å². The Bertz CT molecular complexity index is 847. The van der Waals surface area contributed by atoms with Crippen LogP contribution >= 0.6 is 15.9 Å². The van der Waals surface area contributed by atoms with Crippen LogP contribution in [-0.4, -0.2) is 20.5 Å². The molecule has 7 heteroatoms. The molecule has 0 bridgehead atoms. The average Bonchev–Trinajstić information content (AvgIpc) is 2.90. The first-order valence-electron chi connectivity index (χ1n) is 5.96. The molecule has 3 aromatic rings. The number of halogens is 2. The summed E-state index contributed by atoms with van der Waals surface area (Å²) >= 11 is 3.18. The van der Waals surface area contributed by atoms with E-state index in [9.17, 15) is 14.3 Å². The monoisotopic (exact) mass is 349 g/mol. The van der Waals surface area contributed by atoms with Gasteiger partial charge in [-0.1, -0.05) is 15.9 Å². The van der Waals surface area contributed by atoms with Gasteiger partial charge in [0.05, 0.1) is 17.4 Å². The normalized spacial score (nSPS) is 10.8. The van der Waals surface area contributed by atoms with E-state index in [4.69, 9.17) is 0 Å². The van der Waals surface area contributed by atoms with Crippen LogP contribution in [0, 0.1) is 5.82 Å². The van der Waals surface area contributed by atoms with Gasteiger partial charge in [-0.05, 0) is 30.3 Å². The summed E-state index contributed by atoms with van der Waals surface area (Å²) in [7, 11) is 0. The molecular formula is C14H9BrFN3O2. The Morgan fingerprint density at radius 2 is 2.14 bits per heavy atom. The molecule has 3 rings (SSSR count). The summed E-state index contributed by atoms with van der Waals surface area (Å²) < 4.78 is 16.1. The highest BCUT2D eigenvalue weighted by atomic mass is 79.9. The lowest BCUT2D eigenvalue weighted by Crippen LogP contribution is -2.08. The Morgan fingerprint density at radius 3 is 2.86 bits per heavy atom. The van der Waals surface area contributed by atoms with Gasteiger partial charge in [0.15, 0.2) is 0 Å². The third-order valence-corrected chi connectivity index (χ3v) is 3.49. The fraction of sp³-hybridized carbons (Fsp3) is 0.